The Morgan fingerprint density at radius 2 is 1.90 bits per heavy atom. The van der Waals surface area contributed by atoms with E-state index in [-0.39, 0.29) is 0 Å². The standard InChI is InChI=1S/C8H14FN/c1-6(2)4-8(5-9)7(3)10/h4H,5,10H2,1-3H3/b8-7-. The number of hydrogen-bond acceptors (Lipinski definition) is 1. The maximum Gasteiger partial charge on any atom is 0.116 e. The van der Waals surface area contributed by atoms with Crippen molar-refractivity contribution in [3.8, 4) is 0 Å². The van der Waals surface area contributed by atoms with Gasteiger partial charge in [-0.1, -0.05) is 11.6 Å². The lowest BCUT2D eigenvalue weighted by Crippen LogP contribution is -1.98. The molecule has 0 spiro atoms. The first kappa shape index (κ1) is 9.21. The molecule has 1 nitrogen and oxygen atoms in total. The number of allylic oxidation sites excluding steroid dienone is 4. The van der Waals surface area contributed by atoms with Gasteiger partial charge in [-0.25, -0.2) is 4.39 Å². The Bertz CT molecular complexity index is 160. The lowest BCUT2D eigenvalue weighted by Gasteiger charge is -1.98. The highest BCUT2D eigenvalue weighted by atomic mass is 19.1. The SMILES string of the molecule is CC(C)=C/C(CF)=C(\C)N. The lowest BCUT2D eigenvalue weighted by atomic mass is 10.2. The molecule has 0 aliphatic rings. The van der Waals surface area contributed by atoms with E-state index in [0.717, 1.165) is 5.57 Å². The van der Waals surface area contributed by atoms with Crippen LogP contribution in [0.3, 0.4) is 0 Å². The Morgan fingerprint density at radius 1 is 1.40 bits per heavy atom. The Morgan fingerprint density at radius 3 is 2.00 bits per heavy atom. The predicted octanol–water partition coefficient (Wildman–Crippen LogP) is 2.15. The average Bonchev–Trinajstić information content (AvgIpc) is 1.81. The van der Waals surface area contributed by atoms with Crippen LogP contribution in [-0.2, 0) is 0 Å². The van der Waals surface area contributed by atoms with Gasteiger partial charge in [0.15, 0.2) is 0 Å². The molecule has 0 rings (SSSR count). The highest BCUT2D eigenvalue weighted by molar-refractivity contribution is 5.25. The molecule has 0 aromatic carbocycles. The monoisotopic (exact) mass is 143 g/mol. The van der Waals surface area contributed by atoms with Crippen molar-refractivity contribution in [2.24, 2.45) is 5.73 Å². The average molecular weight is 143 g/mol. The second-order valence-electron chi connectivity index (χ2n) is 2.56. The van der Waals surface area contributed by atoms with Crippen molar-refractivity contribution in [2.75, 3.05) is 6.67 Å². The molecule has 0 radical (unpaired) electrons. The van der Waals surface area contributed by atoms with Crippen LogP contribution in [0.5, 0.6) is 0 Å². The van der Waals surface area contributed by atoms with Gasteiger partial charge in [0.25, 0.3) is 0 Å². The third kappa shape index (κ3) is 3.28. The van der Waals surface area contributed by atoms with E-state index in [1.165, 1.54) is 0 Å². The van der Waals surface area contributed by atoms with Crippen LogP contribution < -0.4 is 5.73 Å². The van der Waals surface area contributed by atoms with Gasteiger partial charge < -0.3 is 5.73 Å². The van der Waals surface area contributed by atoms with Gasteiger partial charge in [0.2, 0.25) is 0 Å². The van der Waals surface area contributed by atoms with Crippen molar-refractivity contribution >= 4 is 0 Å². The zero-order valence-electron chi connectivity index (χ0n) is 6.74. The van der Waals surface area contributed by atoms with E-state index >= 15 is 0 Å². The van der Waals surface area contributed by atoms with Crippen molar-refractivity contribution in [2.45, 2.75) is 20.8 Å². The van der Waals surface area contributed by atoms with Gasteiger partial charge >= 0.3 is 0 Å². The molecule has 0 aliphatic heterocycles. The fraction of sp³-hybridized carbons (Fsp3) is 0.500. The summed E-state index contributed by atoms with van der Waals surface area (Å²) in [5.74, 6) is 0. The van der Waals surface area contributed by atoms with Crippen molar-refractivity contribution in [3.63, 3.8) is 0 Å². The minimum atomic E-state index is -0.479. The third-order valence-electron chi connectivity index (χ3n) is 1.11. The Kier molecular flexibility index (Phi) is 3.77. The summed E-state index contributed by atoms with van der Waals surface area (Å²) in [7, 11) is 0. The van der Waals surface area contributed by atoms with E-state index in [9.17, 15) is 4.39 Å². The van der Waals surface area contributed by atoms with E-state index in [4.69, 9.17) is 5.73 Å². The normalized spacial score (nSPS) is 12.4. The second kappa shape index (κ2) is 4.09. The van der Waals surface area contributed by atoms with Gasteiger partial charge in [-0.15, -0.1) is 0 Å². The maximum atomic E-state index is 12.1. The first-order valence-corrected chi connectivity index (χ1v) is 3.24. The Labute approximate surface area is 61.4 Å². The summed E-state index contributed by atoms with van der Waals surface area (Å²) in [5.41, 5.74) is 7.60. The zero-order valence-corrected chi connectivity index (χ0v) is 6.74. The molecular weight excluding hydrogens is 129 g/mol. The quantitative estimate of drug-likeness (QED) is 0.589. The summed E-state index contributed by atoms with van der Waals surface area (Å²) < 4.78 is 12.1. The van der Waals surface area contributed by atoms with Crippen LogP contribution in [0, 0.1) is 0 Å². The molecule has 0 unspecified atom stereocenters. The van der Waals surface area contributed by atoms with E-state index in [1.54, 1.807) is 13.0 Å². The molecule has 0 amide bonds. The summed E-state index contributed by atoms with van der Waals surface area (Å²) in [4.78, 5) is 0. The van der Waals surface area contributed by atoms with Crippen LogP contribution in [0.2, 0.25) is 0 Å². The van der Waals surface area contributed by atoms with Crippen molar-refractivity contribution in [3.05, 3.63) is 22.9 Å². The lowest BCUT2D eigenvalue weighted by molar-refractivity contribution is 0.546. The van der Waals surface area contributed by atoms with Crippen molar-refractivity contribution in [1.82, 2.24) is 0 Å². The molecule has 0 fully saturated rings. The Balaban J connectivity index is 4.40. The number of halogens is 1. The smallest absolute Gasteiger partial charge is 0.116 e. The number of hydrogen-bond donors (Lipinski definition) is 1. The minimum Gasteiger partial charge on any atom is -0.402 e. The predicted molar refractivity (Wildman–Crippen MR) is 42.3 cm³/mol. The number of rotatable bonds is 2. The van der Waals surface area contributed by atoms with E-state index < -0.39 is 6.67 Å². The van der Waals surface area contributed by atoms with Gasteiger partial charge in [0, 0.05) is 11.3 Å². The molecule has 0 saturated carbocycles. The Hall–Kier alpha value is -0.790. The van der Waals surface area contributed by atoms with E-state index in [0.29, 0.717) is 11.3 Å². The molecule has 0 atom stereocenters. The summed E-state index contributed by atoms with van der Waals surface area (Å²) >= 11 is 0. The van der Waals surface area contributed by atoms with Gasteiger partial charge in [0.05, 0.1) is 0 Å². The third-order valence-corrected chi connectivity index (χ3v) is 1.11. The maximum absolute atomic E-state index is 12.1. The van der Waals surface area contributed by atoms with Crippen LogP contribution >= 0.6 is 0 Å². The van der Waals surface area contributed by atoms with Crippen LogP contribution in [0.4, 0.5) is 4.39 Å². The molecule has 0 bridgehead atoms. The van der Waals surface area contributed by atoms with Gasteiger partial charge in [-0.2, -0.15) is 0 Å². The fourth-order valence-corrected chi connectivity index (χ4v) is 0.606. The fourth-order valence-electron chi connectivity index (χ4n) is 0.606. The van der Waals surface area contributed by atoms with Crippen molar-refractivity contribution in [1.29, 1.82) is 0 Å². The van der Waals surface area contributed by atoms with E-state index in [1.807, 2.05) is 13.8 Å². The van der Waals surface area contributed by atoms with Crippen LogP contribution in [0.15, 0.2) is 22.9 Å². The highest BCUT2D eigenvalue weighted by Crippen LogP contribution is 2.04. The van der Waals surface area contributed by atoms with E-state index in [2.05, 4.69) is 0 Å². The second-order valence-corrected chi connectivity index (χ2v) is 2.56. The first-order chi connectivity index (χ1) is 4.57. The molecule has 0 aromatic rings. The molecule has 0 aliphatic carbocycles. The molecule has 0 heterocycles. The summed E-state index contributed by atoms with van der Waals surface area (Å²) in [6, 6.07) is 0. The van der Waals surface area contributed by atoms with Crippen LogP contribution in [0.25, 0.3) is 0 Å². The molecule has 0 aromatic heterocycles. The topological polar surface area (TPSA) is 26.0 Å². The molecule has 58 valence electrons. The molecule has 0 saturated heterocycles. The van der Waals surface area contributed by atoms with Crippen LogP contribution in [-0.4, -0.2) is 6.67 Å². The number of nitrogens with two attached hydrogens (primary N) is 1. The summed E-state index contributed by atoms with van der Waals surface area (Å²) in [6.45, 7) is 5.05. The summed E-state index contributed by atoms with van der Waals surface area (Å²) in [5, 5.41) is 0. The largest absolute Gasteiger partial charge is 0.402 e. The molecule has 2 N–H and O–H groups in total. The van der Waals surface area contributed by atoms with Gasteiger partial charge in [0.1, 0.15) is 6.67 Å². The van der Waals surface area contributed by atoms with Gasteiger partial charge in [-0.3, -0.25) is 0 Å². The molecule has 2 heteroatoms. The molecule has 10 heavy (non-hydrogen) atoms. The van der Waals surface area contributed by atoms with Gasteiger partial charge in [-0.05, 0) is 20.8 Å². The molecular formula is C8H14FN. The van der Waals surface area contributed by atoms with Crippen molar-refractivity contribution < 1.29 is 4.39 Å². The van der Waals surface area contributed by atoms with Crippen LogP contribution in [0.1, 0.15) is 20.8 Å². The summed E-state index contributed by atoms with van der Waals surface area (Å²) in [6.07, 6.45) is 1.76. The highest BCUT2D eigenvalue weighted by Gasteiger charge is 1.93. The zero-order chi connectivity index (χ0) is 8.15. The minimum absolute atomic E-state index is 0.479. The first-order valence-electron chi connectivity index (χ1n) is 3.24. The number of alkyl halides is 1.